The van der Waals surface area contributed by atoms with Crippen LogP contribution in [0.15, 0.2) is 17.4 Å². The highest BCUT2D eigenvalue weighted by Gasteiger charge is 2.13. The van der Waals surface area contributed by atoms with Crippen LogP contribution in [0.5, 0.6) is 0 Å². The summed E-state index contributed by atoms with van der Waals surface area (Å²) < 4.78 is 5.17. The van der Waals surface area contributed by atoms with E-state index in [1.807, 2.05) is 0 Å². The van der Waals surface area contributed by atoms with Crippen LogP contribution < -0.4 is 16.7 Å². The van der Waals surface area contributed by atoms with Crippen molar-refractivity contribution in [1.82, 2.24) is 14.9 Å². The van der Waals surface area contributed by atoms with Gasteiger partial charge in [-0.15, -0.1) is 10.2 Å². The van der Waals surface area contributed by atoms with Gasteiger partial charge in [-0.3, -0.25) is 14.9 Å². The van der Waals surface area contributed by atoms with Crippen LogP contribution in [0.3, 0.4) is 0 Å². The van der Waals surface area contributed by atoms with Crippen LogP contribution in [0.25, 0.3) is 0 Å². The monoisotopic (exact) mass is 283 g/mol. The Morgan fingerprint density at radius 1 is 1.50 bits per heavy atom. The Balaban J connectivity index is 2.83. The van der Waals surface area contributed by atoms with Gasteiger partial charge in [-0.25, -0.2) is 4.79 Å². The fraction of sp³-hybridized carbons (Fsp3) is 0.300. The summed E-state index contributed by atoms with van der Waals surface area (Å²) in [6, 6.07) is 0. The third kappa shape index (κ3) is 4.08. The normalized spacial score (nSPS) is 9.80. The Morgan fingerprint density at radius 3 is 2.80 bits per heavy atom. The van der Waals surface area contributed by atoms with Gasteiger partial charge in [-0.05, 0) is 0 Å². The highest BCUT2D eigenvalue weighted by Crippen LogP contribution is 1.98. The maximum atomic E-state index is 11.7. The Hall–Kier alpha value is -2.91. The number of rotatable bonds is 6. The average Bonchev–Trinajstić information content (AvgIpc) is 2.40. The smallest absolute Gasteiger partial charge is 0.414 e. The number of hydrogen-bond donors (Lipinski definition) is 3. The average molecular weight is 283 g/mol. The fourth-order valence-electron chi connectivity index (χ4n) is 1.16. The highest BCUT2D eigenvalue weighted by molar-refractivity contribution is 5.82. The third-order valence-corrected chi connectivity index (χ3v) is 2.08. The van der Waals surface area contributed by atoms with Crippen molar-refractivity contribution in [3.05, 3.63) is 28.7 Å². The van der Waals surface area contributed by atoms with Crippen LogP contribution in [0.4, 0.5) is 10.7 Å². The summed E-state index contributed by atoms with van der Waals surface area (Å²) in [6.45, 7) is 3.33. The number of nitrogens with one attached hydrogen (secondary N) is 1. The van der Waals surface area contributed by atoms with Crippen molar-refractivity contribution in [2.75, 3.05) is 17.8 Å². The van der Waals surface area contributed by atoms with E-state index in [0.717, 1.165) is 0 Å². The van der Waals surface area contributed by atoms with Crippen molar-refractivity contribution in [3.8, 4) is 0 Å². The minimum absolute atomic E-state index is 0.0231. The second-order valence-electron chi connectivity index (χ2n) is 3.55. The zero-order valence-corrected chi connectivity index (χ0v) is 10.4. The van der Waals surface area contributed by atoms with Crippen molar-refractivity contribution in [3.63, 3.8) is 0 Å². The molecule has 0 spiro atoms. The van der Waals surface area contributed by atoms with E-state index in [4.69, 9.17) is 10.9 Å². The van der Waals surface area contributed by atoms with Gasteiger partial charge in [0.2, 0.25) is 0 Å². The second kappa shape index (κ2) is 6.87. The Kier molecular flexibility index (Phi) is 5.21. The minimum atomic E-state index is -1.08. The van der Waals surface area contributed by atoms with Crippen molar-refractivity contribution in [1.29, 1.82) is 0 Å². The molecule has 0 unspecified atom stereocenters. The van der Waals surface area contributed by atoms with Crippen LogP contribution in [0.1, 0.15) is 12.1 Å². The lowest BCUT2D eigenvalue weighted by molar-refractivity contribution is -0.136. The molecule has 0 radical (unpaired) electrons. The predicted molar refractivity (Wildman–Crippen MR) is 67.6 cm³/mol. The molecule has 1 rings (SSSR count). The van der Waals surface area contributed by atoms with Crippen LogP contribution >= 0.6 is 0 Å². The number of anilines is 1. The van der Waals surface area contributed by atoms with Gasteiger partial charge < -0.3 is 15.7 Å². The van der Waals surface area contributed by atoms with E-state index < -0.39 is 17.6 Å². The molecule has 10 nitrogen and oxygen atoms in total. The summed E-state index contributed by atoms with van der Waals surface area (Å²) in [7, 11) is 0. The molecule has 1 aromatic heterocycles. The van der Waals surface area contributed by atoms with Crippen LogP contribution in [0.2, 0.25) is 0 Å². The van der Waals surface area contributed by atoms with Crippen LogP contribution in [-0.4, -0.2) is 38.6 Å². The van der Waals surface area contributed by atoms with E-state index in [1.165, 1.54) is 6.08 Å². The molecular formula is C10H13N5O5. The number of carboxylic acid groups (broad SMARTS) is 1. The first-order valence-electron chi connectivity index (χ1n) is 5.46. The van der Waals surface area contributed by atoms with Gasteiger partial charge in [0.05, 0.1) is 6.42 Å². The van der Waals surface area contributed by atoms with Crippen molar-refractivity contribution < 1.29 is 19.4 Å². The molecule has 0 fully saturated rings. The molecule has 4 N–H and O–H groups in total. The van der Waals surface area contributed by atoms with Crippen molar-refractivity contribution >= 4 is 18.0 Å². The SMILES string of the molecule is C=CCOC(=O)Nc1nnc(CCC(=O)O)c(=O)n1N. The number of nitrogen functional groups attached to an aromatic ring is 1. The fourth-order valence-corrected chi connectivity index (χ4v) is 1.16. The topological polar surface area (TPSA) is 149 Å². The molecule has 10 heteroatoms. The molecule has 0 aliphatic heterocycles. The van der Waals surface area contributed by atoms with Gasteiger partial charge >= 0.3 is 12.1 Å². The molecule has 0 aliphatic carbocycles. The molecule has 0 aliphatic rings. The summed E-state index contributed by atoms with van der Waals surface area (Å²) in [5, 5.41) is 17.7. The van der Waals surface area contributed by atoms with E-state index >= 15 is 0 Å². The van der Waals surface area contributed by atoms with Gasteiger partial charge in [0.25, 0.3) is 11.5 Å². The zero-order valence-electron chi connectivity index (χ0n) is 10.4. The summed E-state index contributed by atoms with van der Waals surface area (Å²) >= 11 is 0. The Morgan fingerprint density at radius 2 is 2.20 bits per heavy atom. The number of carbonyl (C=O) groups is 2. The number of carbonyl (C=O) groups excluding carboxylic acids is 1. The summed E-state index contributed by atoms with van der Waals surface area (Å²) in [6.07, 6.45) is 0.0871. The van der Waals surface area contributed by atoms with Gasteiger partial charge in [-0.2, -0.15) is 4.68 Å². The molecule has 1 heterocycles. The number of ether oxygens (including phenoxy) is 1. The number of nitrogens with zero attached hydrogens (tertiary/aromatic N) is 3. The van der Waals surface area contributed by atoms with E-state index in [-0.39, 0.29) is 31.1 Å². The van der Waals surface area contributed by atoms with Crippen LogP contribution in [-0.2, 0) is 16.0 Å². The maximum absolute atomic E-state index is 11.7. The zero-order chi connectivity index (χ0) is 15.1. The number of aromatic nitrogens is 3. The molecule has 0 aromatic carbocycles. The molecule has 0 bridgehead atoms. The second-order valence-corrected chi connectivity index (χ2v) is 3.55. The van der Waals surface area contributed by atoms with E-state index in [0.29, 0.717) is 4.68 Å². The molecule has 1 amide bonds. The van der Waals surface area contributed by atoms with Crippen molar-refractivity contribution in [2.45, 2.75) is 12.8 Å². The molecule has 0 saturated carbocycles. The molecular weight excluding hydrogens is 270 g/mol. The lowest BCUT2D eigenvalue weighted by Crippen LogP contribution is -2.35. The molecule has 0 atom stereocenters. The lowest BCUT2D eigenvalue weighted by atomic mass is 10.2. The number of hydrogen-bond acceptors (Lipinski definition) is 7. The van der Waals surface area contributed by atoms with Gasteiger partial charge in [-0.1, -0.05) is 12.7 Å². The van der Waals surface area contributed by atoms with Gasteiger partial charge in [0.15, 0.2) is 0 Å². The van der Waals surface area contributed by atoms with E-state index in [9.17, 15) is 14.4 Å². The first-order chi connectivity index (χ1) is 9.45. The predicted octanol–water partition coefficient (Wildman–Crippen LogP) is -0.896. The molecule has 20 heavy (non-hydrogen) atoms. The summed E-state index contributed by atoms with van der Waals surface area (Å²) in [4.78, 5) is 33.4. The molecule has 1 aromatic rings. The number of aliphatic carboxylic acids is 1. The maximum Gasteiger partial charge on any atom is 0.414 e. The highest BCUT2D eigenvalue weighted by atomic mass is 16.5. The first-order valence-corrected chi connectivity index (χ1v) is 5.46. The first kappa shape index (κ1) is 15.1. The van der Waals surface area contributed by atoms with E-state index in [1.54, 1.807) is 0 Å². The Labute approximate surface area is 112 Å². The standard InChI is InChI=1S/C10H13N5O5/c1-2-5-20-10(19)12-9-14-13-6(3-4-7(16)17)8(18)15(9)11/h2H,1,3-5,11H2,(H,16,17)(H,12,14,19). The van der Waals surface area contributed by atoms with E-state index in [2.05, 4.69) is 26.8 Å². The molecule has 0 saturated heterocycles. The number of carboxylic acids is 1. The number of nitrogens with two attached hydrogens (primary N) is 1. The number of aryl methyl sites for hydroxylation is 1. The summed E-state index contributed by atoms with van der Waals surface area (Å²) in [5.41, 5.74) is -0.861. The Bertz CT molecular complexity index is 582. The molecule has 108 valence electrons. The summed E-state index contributed by atoms with van der Waals surface area (Å²) in [5.74, 6) is 4.04. The quantitative estimate of drug-likeness (QED) is 0.449. The lowest BCUT2D eigenvalue weighted by Gasteiger charge is -2.08. The van der Waals surface area contributed by atoms with Gasteiger partial charge in [0, 0.05) is 6.42 Å². The van der Waals surface area contributed by atoms with Crippen molar-refractivity contribution in [2.24, 2.45) is 0 Å². The number of amides is 1. The van der Waals surface area contributed by atoms with Crippen LogP contribution in [0, 0.1) is 0 Å². The largest absolute Gasteiger partial charge is 0.481 e. The van der Waals surface area contributed by atoms with Gasteiger partial charge in [0.1, 0.15) is 12.3 Å². The third-order valence-electron chi connectivity index (χ3n) is 2.08. The minimum Gasteiger partial charge on any atom is -0.481 e.